The lowest BCUT2D eigenvalue weighted by atomic mass is 10.0. The number of methoxy groups -OCH3 is 3. The lowest BCUT2D eigenvalue weighted by molar-refractivity contribution is -0.152. The second kappa shape index (κ2) is 14.3. The molecule has 0 fully saturated rings. The Labute approximate surface area is 246 Å². The summed E-state index contributed by atoms with van der Waals surface area (Å²) in [5.41, 5.74) is 2.86. The van der Waals surface area contributed by atoms with Gasteiger partial charge in [-0.05, 0) is 73.8 Å². The molecule has 0 saturated heterocycles. The van der Waals surface area contributed by atoms with Gasteiger partial charge in [-0.2, -0.15) is 0 Å². The van der Waals surface area contributed by atoms with Crippen LogP contribution in [0.3, 0.4) is 0 Å². The molecule has 9 heteroatoms. The molecule has 41 heavy (non-hydrogen) atoms. The molecule has 3 unspecified atom stereocenters. The van der Waals surface area contributed by atoms with Gasteiger partial charge in [-0.25, -0.2) is 0 Å². The van der Waals surface area contributed by atoms with Crippen LogP contribution in [0.4, 0.5) is 5.69 Å². The third-order valence-corrected chi connectivity index (χ3v) is 8.34. The minimum absolute atomic E-state index is 0.00192. The summed E-state index contributed by atoms with van der Waals surface area (Å²) in [5.74, 6) is 1.42. The number of benzene rings is 3. The molecule has 3 aromatic rings. The number of amides is 1. The highest BCUT2D eigenvalue weighted by atomic mass is 32.2. The largest absolute Gasteiger partial charge is 0.497 e. The fraction of sp³-hybridized carbons (Fsp3) is 0.375. The third-order valence-electron chi connectivity index (χ3n) is 6.97. The van der Waals surface area contributed by atoms with Crippen LogP contribution >= 0.6 is 11.8 Å². The van der Waals surface area contributed by atoms with Crippen LogP contribution in [0.1, 0.15) is 36.6 Å². The summed E-state index contributed by atoms with van der Waals surface area (Å²) in [4.78, 5) is 29.0. The van der Waals surface area contributed by atoms with Crippen molar-refractivity contribution in [2.45, 2.75) is 49.0 Å². The van der Waals surface area contributed by atoms with E-state index in [1.807, 2.05) is 66.7 Å². The van der Waals surface area contributed by atoms with Gasteiger partial charge in [-0.15, -0.1) is 11.8 Å². The molecule has 0 bridgehead atoms. The predicted octanol–water partition coefficient (Wildman–Crippen LogP) is 5.44. The zero-order valence-corrected chi connectivity index (χ0v) is 25.0. The number of fused-ring (bicyclic) bond motifs is 1. The molecule has 1 amide bonds. The summed E-state index contributed by atoms with van der Waals surface area (Å²) in [6.07, 6.45) is 0.811. The molecule has 218 valence electrons. The van der Waals surface area contributed by atoms with Gasteiger partial charge in [0.15, 0.2) is 17.6 Å². The van der Waals surface area contributed by atoms with Crippen LogP contribution in [0.25, 0.3) is 0 Å². The number of carbonyl (C=O) groups excluding carboxylic acids is 2. The van der Waals surface area contributed by atoms with E-state index in [1.165, 1.54) is 24.2 Å². The molecule has 0 aliphatic carbocycles. The van der Waals surface area contributed by atoms with Crippen molar-refractivity contribution in [3.63, 3.8) is 0 Å². The Morgan fingerprint density at radius 2 is 1.71 bits per heavy atom. The predicted molar refractivity (Wildman–Crippen MR) is 161 cm³/mol. The van der Waals surface area contributed by atoms with Crippen LogP contribution in [-0.4, -0.2) is 58.4 Å². The Balaban J connectivity index is 1.48. The Morgan fingerprint density at radius 3 is 2.39 bits per heavy atom. The molecule has 1 heterocycles. The van der Waals surface area contributed by atoms with Gasteiger partial charge in [0, 0.05) is 24.4 Å². The first-order valence-electron chi connectivity index (χ1n) is 13.7. The molecule has 0 spiro atoms. The van der Waals surface area contributed by atoms with E-state index in [2.05, 4.69) is 12.2 Å². The molecule has 1 aliphatic heterocycles. The number of hydrogen-bond donors (Lipinski definition) is 1. The van der Waals surface area contributed by atoms with Crippen LogP contribution in [0.2, 0.25) is 0 Å². The fourth-order valence-corrected chi connectivity index (χ4v) is 6.23. The van der Waals surface area contributed by atoms with Crippen molar-refractivity contribution in [1.29, 1.82) is 0 Å². The molecule has 3 atom stereocenters. The number of ether oxygens (including phenoxy) is 4. The Bertz CT molecular complexity index is 1330. The first kappa shape index (κ1) is 30.3. The topological polar surface area (TPSA) is 86.3 Å². The van der Waals surface area contributed by atoms with Crippen molar-refractivity contribution >= 4 is 29.3 Å². The number of carbonyl (C=O) groups is 2. The van der Waals surface area contributed by atoms with E-state index in [0.29, 0.717) is 12.3 Å². The van der Waals surface area contributed by atoms with E-state index < -0.39 is 17.3 Å². The van der Waals surface area contributed by atoms with Gasteiger partial charge >= 0.3 is 5.97 Å². The summed E-state index contributed by atoms with van der Waals surface area (Å²) in [6.45, 7) is 4.61. The van der Waals surface area contributed by atoms with E-state index in [1.54, 1.807) is 26.2 Å². The smallest absolute Gasteiger partial charge is 0.303 e. The van der Waals surface area contributed by atoms with Gasteiger partial charge in [0.2, 0.25) is 0 Å². The van der Waals surface area contributed by atoms with E-state index in [-0.39, 0.29) is 11.9 Å². The molecule has 3 aromatic carbocycles. The summed E-state index contributed by atoms with van der Waals surface area (Å²) >= 11 is 1.53. The van der Waals surface area contributed by atoms with Crippen LogP contribution in [-0.2, 0) is 20.7 Å². The van der Waals surface area contributed by atoms with Crippen molar-refractivity contribution in [2.75, 3.05) is 39.3 Å². The number of para-hydroxylation sites is 1. The molecule has 0 radical (unpaired) electrons. The van der Waals surface area contributed by atoms with Crippen LogP contribution in [0, 0.1) is 0 Å². The monoisotopic (exact) mass is 578 g/mol. The number of nitrogens with one attached hydrogen (secondary N) is 1. The number of anilines is 1. The molecule has 4 rings (SSSR count). The number of aryl methyl sites for hydroxylation is 1. The fourth-order valence-electron chi connectivity index (χ4n) is 4.91. The first-order valence-corrected chi connectivity index (χ1v) is 14.5. The zero-order valence-electron chi connectivity index (χ0n) is 24.2. The Hall–Kier alpha value is -3.69. The van der Waals surface area contributed by atoms with Crippen LogP contribution < -0.4 is 24.4 Å². The average Bonchev–Trinajstić information content (AvgIpc) is 3.09. The number of thioether (sulfide) groups is 1. The van der Waals surface area contributed by atoms with Gasteiger partial charge in [0.05, 0.1) is 32.3 Å². The van der Waals surface area contributed by atoms with Crippen LogP contribution in [0.5, 0.6) is 17.2 Å². The van der Waals surface area contributed by atoms with E-state index >= 15 is 0 Å². The number of nitrogens with zero attached hydrogens (tertiary/aromatic N) is 1. The third kappa shape index (κ3) is 7.54. The molecular weight excluding hydrogens is 540 g/mol. The lowest BCUT2D eigenvalue weighted by Crippen LogP contribution is -2.48. The second-order valence-corrected chi connectivity index (χ2v) is 11.1. The maximum Gasteiger partial charge on any atom is 0.303 e. The van der Waals surface area contributed by atoms with Gasteiger partial charge in [-0.1, -0.05) is 30.3 Å². The summed E-state index contributed by atoms with van der Waals surface area (Å²) < 4.78 is 21.8. The standard InChI is InChI=1S/C32H38N2O6S/c1-21(33-18-8-9-23-12-17-27(38-4)28(19-23)39-5)20-34-26-10-6-7-11-29(26)41-31(30(32(34)36)40-22(2)35)24-13-15-25(37-3)16-14-24/h6-7,10-17,19,21,30-31,33H,8-9,18,20H2,1-5H3. The Morgan fingerprint density at radius 1 is 0.976 bits per heavy atom. The average molecular weight is 579 g/mol. The van der Waals surface area contributed by atoms with Crippen molar-refractivity contribution < 1.29 is 28.5 Å². The zero-order chi connectivity index (χ0) is 29.4. The minimum Gasteiger partial charge on any atom is -0.497 e. The molecule has 0 aromatic heterocycles. The normalized spacial score (nSPS) is 17.3. The minimum atomic E-state index is -0.976. The molecule has 1 N–H and O–H groups in total. The highest BCUT2D eigenvalue weighted by Gasteiger charge is 2.41. The SMILES string of the molecule is COc1ccc(C2Sc3ccccc3N(CC(C)NCCCc3ccc(OC)c(OC)c3)C(=O)C2OC(C)=O)cc1. The number of esters is 1. The molecule has 0 saturated carbocycles. The quantitative estimate of drug-likeness (QED) is 0.225. The van der Waals surface area contributed by atoms with Gasteiger partial charge < -0.3 is 29.2 Å². The summed E-state index contributed by atoms with van der Waals surface area (Å²) in [7, 11) is 4.87. The van der Waals surface area contributed by atoms with E-state index in [9.17, 15) is 9.59 Å². The Kier molecular flexibility index (Phi) is 10.5. The highest BCUT2D eigenvalue weighted by molar-refractivity contribution is 7.99. The van der Waals surface area contributed by atoms with Crippen molar-refractivity contribution in [3.05, 3.63) is 77.9 Å². The van der Waals surface area contributed by atoms with E-state index in [0.717, 1.165) is 47.0 Å². The maximum absolute atomic E-state index is 14.1. The maximum atomic E-state index is 14.1. The summed E-state index contributed by atoms with van der Waals surface area (Å²) in [5, 5.41) is 3.15. The lowest BCUT2D eigenvalue weighted by Gasteiger charge is -2.29. The van der Waals surface area contributed by atoms with Crippen molar-refractivity contribution in [3.8, 4) is 17.2 Å². The van der Waals surface area contributed by atoms with Crippen LogP contribution in [0.15, 0.2) is 71.6 Å². The number of rotatable bonds is 12. The highest BCUT2D eigenvalue weighted by Crippen LogP contribution is 2.47. The number of hydrogen-bond acceptors (Lipinski definition) is 8. The van der Waals surface area contributed by atoms with E-state index in [4.69, 9.17) is 18.9 Å². The van der Waals surface area contributed by atoms with Gasteiger partial charge in [-0.3, -0.25) is 9.59 Å². The van der Waals surface area contributed by atoms with Gasteiger partial charge in [0.1, 0.15) is 5.75 Å². The molecular formula is C32H38N2O6S. The van der Waals surface area contributed by atoms with Gasteiger partial charge in [0.25, 0.3) is 5.91 Å². The molecule has 8 nitrogen and oxygen atoms in total. The second-order valence-electron chi connectivity index (χ2n) is 9.91. The van der Waals surface area contributed by atoms with Crippen molar-refractivity contribution in [1.82, 2.24) is 5.32 Å². The molecule has 1 aliphatic rings. The summed E-state index contributed by atoms with van der Waals surface area (Å²) in [6, 6.07) is 21.4. The van der Waals surface area contributed by atoms with Crippen molar-refractivity contribution in [2.24, 2.45) is 0 Å². The first-order chi connectivity index (χ1) is 19.8.